The molecule has 0 aliphatic heterocycles. The zero-order valence-electron chi connectivity index (χ0n) is 4.58. The number of rotatable bonds is 1. The van der Waals surface area contributed by atoms with Gasteiger partial charge in [-0.2, -0.15) is 0 Å². The molecule has 0 aliphatic carbocycles. The van der Waals surface area contributed by atoms with E-state index < -0.39 is 0 Å². The highest BCUT2D eigenvalue weighted by Crippen LogP contribution is 1.95. The molecule has 0 fully saturated rings. The molecule has 0 aromatic heterocycles. The molecular formula is C5H11P. The van der Waals surface area contributed by atoms with E-state index in [-0.39, 0.29) is 0 Å². The first kappa shape index (κ1) is 6.17. The Hall–Kier alpha value is 0.170. The molecule has 0 rings (SSSR count). The van der Waals surface area contributed by atoms with Crippen molar-refractivity contribution in [2.45, 2.75) is 20.8 Å². The second-order valence-corrected chi connectivity index (χ2v) is 2.63. The van der Waals surface area contributed by atoms with Gasteiger partial charge in [0, 0.05) is 0 Å². The predicted octanol–water partition coefficient (Wildman–Crippen LogP) is 1.98. The summed E-state index contributed by atoms with van der Waals surface area (Å²) in [6, 6.07) is 0. The molecule has 0 unspecified atom stereocenters. The molecule has 0 saturated carbocycles. The van der Waals surface area contributed by atoms with Gasteiger partial charge in [-0.05, 0) is 12.8 Å². The van der Waals surface area contributed by atoms with Crippen LogP contribution in [0.15, 0.2) is 0 Å². The van der Waals surface area contributed by atoms with Crippen LogP contribution in [0.2, 0.25) is 0 Å². The van der Waals surface area contributed by atoms with Crippen LogP contribution in [0.5, 0.6) is 0 Å². The predicted molar refractivity (Wildman–Crippen MR) is 33.8 cm³/mol. The standard InChI is InChI=1S/C5H11P/c1-4(2)5(3)6/h4,6H,1-3H3. The Morgan fingerprint density at radius 1 is 1.50 bits per heavy atom. The third kappa shape index (κ3) is 2.41. The van der Waals surface area contributed by atoms with Crippen molar-refractivity contribution < 1.29 is 0 Å². The van der Waals surface area contributed by atoms with Gasteiger partial charge in [-0.15, -0.1) is 8.86 Å². The Bertz CT molecular complexity index is 55.0. The molecule has 0 radical (unpaired) electrons. The summed E-state index contributed by atoms with van der Waals surface area (Å²) in [7, 11) is 3.40. The summed E-state index contributed by atoms with van der Waals surface area (Å²) in [4.78, 5) is 0. The molecule has 6 heavy (non-hydrogen) atoms. The van der Waals surface area contributed by atoms with Crippen LogP contribution in [-0.4, -0.2) is 5.29 Å². The van der Waals surface area contributed by atoms with Gasteiger partial charge in [-0.3, -0.25) is 0 Å². The number of hydrogen-bond donors (Lipinski definition) is 0. The summed E-state index contributed by atoms with van der Waals surface area (Å²) in [6.45, 7) is 6.38. The van der Waals surface area contributed by atoms with Crippen LogP contribution < -0.4 is 0 Å². The van der Waals surface area contributed by atoms with E-state index in [1.54, 1.807) is 0 Å². The highest BCUT2D eigenvalue weighted by atomic mass is 31.0. The van der Waals surface area contributed by atoms with Crippen molar-refractivity contribution in [2.24, 2.45) is 5.92 Å². The van der Waals surface area contributed by atoms with Crippen molar-refractivity contribution >= 4 is 14.2 Å². The van der Waals surface area contributed by atoms with Crippen molar-refractivity contribution in [3.8, 4) is 0 Å². The van der Waals surface area contributed by atoms with E-state index in [1.807, 2.05) is 0 Å². The van der Waals surface area contributed by atoms with Crippen LogP contribution in [0.4, 0.5) is 0 Å². The fourth-order valence-electron chi connectivity index (χ4n) is 0. The Labute approximate surface area is 41.8 Å². The van der Waals surface area contributed by atoms with E-state index >= 15 is 0 Å². The van der Waals surface area contributed by atoms with Gasteiger partial charge in [0.2, 0.25) is 0 Å². The molecule has 0 N–H and O–H groups in total. The minimum absolute atomic E-state index is 0.682. The molecule has 0 amide bonds. The fraction of sp³-hybridized carbons (Fsp3) is 0.800. The van der Waals surface area contributed by atoms with Crippen LogP contribution >= 0.6 is 8.86 Å². The fourth-order valence-corrected chi connectivity index (χ4v) is 0. The molecule has 0 spiro atoms. The lowest BCUT2D eigenvalue weighted by Gasteiger charge is -1.96. The quantitative estimate of drug-likeness (QED) is 0.444. The second-order valence-electron chi connectivity index (χ2n) is 1.84. The molecule has 0 bridgehead atoms. The lowest BCUT2D eigenvalue weighted by Crippen LogP contribution is -1.94. The van der Waals surface area contributed by atoms with Crippen molar-refractivity contribution in [3.63, 3.8) is 0 Å². The molecule has 0 saturated heterocycles. The minimum atomic E-state index is 0.682. The molecule has 0 aromatic carbocycles. The Morgan fingerprint density at radius 3 is 1.67 bits per heavy atom. The molecule has 0 atom stereocenters. The van der Waals surface area contributed by atoms with E-state index in [0.717, 1.165) is 0 Å². The van der Waals surface area contributed by atoms with Crippen LogP contribution in [0.25, 0.3) is 0 Å². The molecular weight excluding hydrogens is 91.0 g/mol. The summed E-state index contributed by atoms with van der Waals surface area (Å²) in [5, 5.41) is 1.31. The maximum atomic E-state index is 3.40. The largest absolute Gasteiger partial charge is 0.123 e. The Morgan fingerprint density at radius 2 is 1.67 bits per heavy atom. The maximum Gasteiger partial charge on any atom is -0.0222 e. The molecule has 0 nitrogen and oxygen atoms in total. The monoisotopic (exact) mass is 102 g/mol. The van der Waals surface area contributed by atoms with E-state index in [0.29, 0.717) is 5.92 Å². The van der Waals surface area contributed by atoms with E-state index in [4.69, 9.17) is 0 Å². The van der Waals surface area contributed by atoms with E-state index in [9.17, 15) is 0 Å². The molecule has 1 heteroatoms. The first-order valence-electron chi connectivity index (χ1n) is 2.19. The average molecular weight is 102 g/mol. The van der Waals surface area contributed by atoms with Crippen LogP contribution in [0.3, 0.4) is 0 Å². The van der Waals surface area contributed by atoms with Gasteiger partial charge in [0.1, 0.15) is 0 Å². The molecule has 36 valence electrons. The summed E-state index contributed by atoms with van der Waals surface area (Å²) >= 11 is 0. The average Bonchev–Trinajstić information content (AvgIpc) is 1.36. The van der Waals surface area contributed by atoms with Crippen molar-refractivity contribution in [3.05, 3.63) is 0 Å². The molecule has 0 aromatic rings. The van der Waals surface area contributed by atoms with Gasteiger partial charge in [0.25, 0.3) is 0 Å². The summed E-state index contributed by atoms with van der Waals surface area (Å²) < 4.78 is 0. The van der Waals surface area contributed by atoms with E-state index in [2.05, 4.69) is 29.6 Å². The summed E-state index contributed by atoms with van der Waals surface area (Å²) in [5.74, 6) is 0.682. The molecule has 0 aliphatic rings. The van der Waals surface area contributed by atoms with E-state index in [1.165, 1.54) is 5.29 Å². The zero-order chi connectivity index (χ0) is 5.15. The van der Waals surface area contributed by atoms with Crippen molar-refractivity contribution in [1.82, 2.24) is 0 Å². The lowest BCUT2D eigenvalue weighted by atomic mass is 10.2. The van der Waals surface area contributed by atoms with Gasteiger partial charge >= 0.3 is 0 Å². The smallest absolute Gasteiger partial charge is 0.0222 e. The highest BCUT2D eigenvalue weighted by molar-refractivity contribution is 7.21. The maximum absolute atomic E-state index is 3.40. The highest BCUT2D eigenvalue weighted by Gasteiger charge is 1.88. The van der Waals surface area contributed by atoms with Gasteiger partial charge in [-0.25, -0.2) is 0 Å². The van der Waals surface area contributed by atoms with Gasteiger partial charge in [0.15, 0.2) is 0 Å². The number of hydrogen-bond acceptors (Lipinski definition) is 0. The zero-order valence-corrected chi connectivity index (χ0v) is 5.58. The third-order valence-corrected chi connectivity index (χ3v) is 1.44. The normalized spacial score (nSPS) is 9.33. The van der Waals surface area contributed by atoms with Crippen molar-refractivity contribution in [2.75, 3.05) is 0 Å². The second kappa shape index (κ2) is 2.36. The Kier molecular flexibility index (Phi) is 2.43. The third-order valence-electron chi connectivity index (χ3n) is 0.866. The first-order chi connectivity index (χ1) is 2.64. The summed E-state index contributed by atoms with van der Waals surface area (Å²) in [6.07, 6.45) is 0. The van der Waals surface area contributed by atoms with Crippen LogP contribution in [0.1, 0.15) is 20.8 Å². The van der Waals surface area contributed by atoms with Crippen LogP contribution in [-0.2, 0) is 0 Å². The minimum Gasteiger partial charge on any atom is -0.123 e. The van der Waals surface area contributed by atoms with Crippen molar-refractivity contribution in [1.29, 1.82) is 0 Å². The SMILES string of the molecule is CC(=P)C(C)C. The lowest BCUT2D eigenvalue weighted by molar-refractivity contribution is 0.896. The van der Waals surface area contributed by atoms with Gasteiger partial charge < -0.3 is 0 Å². The van der Waals surface area contributed by atoms with Gasteiger partial charge in [0.05, 0.1) is 0 Å². The van der Waals surface area contributed by atoms with Crippen LogP contribution in [0, 0.1) is 5.92 Å². The first-order valence-corrected chi connectivity index (χ1v) is 2.69. The molecule has 0 heterocycles. The Balaban J connectivity index is 3.26. The summed E-state index contributed by atoms with van der Waals surface area (Å²) in [5.41, 5.74) is 0. The van der Waals surface area contributed by atoms with Gasteiger partial charge in [-0.1, -0.05) is 19.1 Å². The topological polar surface area (TPSA) is 0 Å².